The molecular weight excluding hydrogens is 324 g/mol. The number of ether oxygens (including phenoxy) is 1. The monoisotopic (exact) mass is 354 g/mol. The van der Waals surface area contributed by atoms with Crippen LogP contribution < -0.4 is 16.4 Å². The van der Waals surface area contributed by atoms with Gasteiger partial charge in [0.05, 0.1) is 18.1 Å². The van der Waals surface area contributed by atoms with Gasteiger partial charge in [-0.05, 0) is 44.9 Å². The fraction of sp³-hybridized carbons (Fsp3) is 0.944. The van der Waals surface area contributed by atoms with E-state index in [4.69, 9.17) is 22.1 Å². The molecule has 6 heteroatoms. The van der Waals surface area contributed by atoms with Crippen LogP contribution in [0.4, 0.5) is 0 Å². The second-order valence-electron chi connectivity index (χ2n) is 7.70. The van der Waals surface area contributed by atoms with E-state index in [1.807, 2.05) is 6.92 Å². The lowest BCUT2D eigenvalue weighted by Gasteiger charge is -2.49. The minimum atomic E-state index is -0.00204. The summed E-state index contributed by atoms with van der Waals surface area (Å²) in [5.41, 5.74) is 6.39. The zero-order valence-corrected chi connectivity index (χ0v) is 15.3. The van der Waals surface area contributed by atoms with Crippen LogP contribution in [-0.2, 0) is 4.74 Å². The molecule has 0 aromatic rings. The van der Waals surface area contributed by atoms with Crippen LogP contribution in [0.5, 0.6) is 0 Å². The quantitative estimate of drug-likeness (QED) is 0.670. The molecule has 1 saturated heterocycles. The van der Waals surface area contributed by atoms with E-state index in [2.05, 4.69) is 16.7 Å². The normalized spacial score (nSPS) is 46.1. The van der Waals surface area contributed by atoms with Crippen LogP contribution in [0.1, 0.15) is 45.4 Å². The van der Waals surface area contributed by atoms with Crippen LogP contribution in [0.25, 0.3) is 0 Å². The Morgan fingerprint density at radius 2 is 2.17 bits per heavy atom. The molecule has 2 saturated carbocycles. The highest BCUT2D eigenvalue weighted by molar-refractivity contribution is 6.20. The second kappa shape index (κ2) is 8.33. The lowest BCUT2D eigenvalue weighted by Crippen LogP contribution is -2.65. The molecule has 2 aliphatic carbocycles. The van der Waals surface area contributed by atoms with Gasteiger partial charge in [-0.3, -0.25) is 0 Å². The molecule has 0 spiro atoms. The van der Waals surface area contributed by atoms with E-state index in [1.165, 1.54) is 6.42 Å². The summed E-state index contributed by atoms with van der Waals surface area (Å²) in [7, 11) is 0. The van der Waals surface area contributed by atoms with Gasteiger partial charge in [0.2, 0.25) is 0 Å². The molecular formula is C18H31ClN4O. The van der Waals surface area contributed by atoms with Gasteiger partial charge in [-0.2, -0.15) is 5.26 Å². The summed E-state index contributed by atoms with van der Waals surface area (Å²) < 4.78 is 5.83. The van der Waals surface area contributed by atoms with Crippen molar-refractivity contribution in [3.05, 3.63) is 0 Å². The number of nitrogens with zero attached hydrogens (tertiary/aromatic N) is 1. The number of fused-ring (bicyclic) bond motifs is 1. The molecule has 0 bridgehead atoms. The number of halogens is 1. The smallest absolute Gasteiger partial charge is 0.0744 e. The number of hydrogen-bond donors (Lipinski definition) is 3. The standard InChI is InChI=1S/C18H31ClN4O/c1-2-24-17-8-16-14(7-15(17)21)18(11(9-20)10-22-16)23-13-5-3-4-12(19)6-13/h11-18,22-23H,2-8,10,21H2,1H3. The molecule has 0 amide bonds. The summed E-state index contributed by atoms with van der Waals surface area (Å²) in [4.78, 5) is 0. The second-order valence-corrected chi connectivity index (χ2v) is 8.31. The van der Waals surface area contributed by atoms with Crippen LogP contribution in [-0.4, -0.2) is 48.8 Å². The summed E-state index contributed by atoms with van der Waals surface area (Å²) in [5, 5.41) is 17.3. The van der Waals surface area contributed by atoms with E-state index in [0.717, 1.165) is 38.6 Å². The number of nitrogens with one attached hydrogen (secondary N) is 2. The van der Waals surface area contributed by atoms with Crippen LogP contribution in [0.3, 0.4) is 0 Å². The first-order valence-electron chi connectivity index (χ1n) is 9.52. The SMILES string of the molecule is CCOC1CC2NCC(C#N)C(NC3CCCC(Cl)C3)C2CC1N. The Labute approximate surface area is 150 Å². The van der Waals surface area contributed by atoms with Gasteiger partial charge in [-0.25, -0.2) is 0 Å². The van der Waals surface area contributed by atoms with Gasteiger partial charge in [0.1, 0.15) is 0 Å². The summed E-state index contributed by atoms with van der Waals surface area (Å²) in [6.45, 7) is 3.48. The molecule has 1 aliphatic heterocycles. The van der Waals surface area contributed by atoms with Gasteiger partial charge in [0, 0.05) is 42.7 Å². The highest BCUT2D eigenvalue weighted by Gasteiger charge is 2.46. The Morgan fingerprint density at radius 1 is 1.33 bits per heavy atom. The Hall–Kier alpha value is -0.380. The van der Waals surface area contributed by atoms with E-state index in [0.29, 0.717) is 24.6 Å². The summed E-state index contributed by atoms with van der Waals surface area (Å²) in [5.74, 6) is 0.392. The van der Waals surface area contributed by atoms with Gasteiger partial charge in [0.25, 0.3) is 0 Å². The largest absolute Gasteiger partial charge is 0.377 e. The Morgan fingerprint density at radius 3 is 2.88 bits per heavy atom. The Kier molecular flexibility index (Phi) is 6.39. The minimum Gasteiger partial charge on any atom is -0.377 e. The van der Waals surface area contributed by atoms with Gasteiger partial charge < -0.3 is 21.1 Å². The highest BCUT2D eigenvalue weighted by Crippen LogP contribution is 2.35. The van der Waals surface area contributed by atoms with Crippen molar-refractivity contribution in [2.45, 2.75) is 81.1 Å². The topological polar surface area (TPSA) is 83.1 Å². The van der Waals surface area contributed by atoms with Crippen molar-refractivity contribution in [1.29, 1.82) is 5.26 Å². The molecule has 3 fully saturated rings. The van der Waals surface area contributed by atoms with Crippen molar-refractivity contribution >= 4 is 11.6 Å². The van der Waals surface area contributed by atoms with E-state index in [-0.39, 0.29) is 29.5 Å². The molecule has 1 heterocycles. The predicted molar refractivity (Wildman–Crippen MR) is 95.8 cm³/mol. The first kappa shape index (κ1) is 18.4. The fourth-order valence-electron chi connectivity index (χ4n) is 4.89. The third-order valence-electron chi connectivity index (χ3n) is 6.10. The van der Waals surface area contributed by atoms with Gasteiger partial charge in [0.15, 0.2) is 0 Å². The number of rotatable bonds is 4. The van der Waals surface area contributed by atoms with Crippen LogP contribution in [0.2, 0.25) is 0 Å². The summed E-state index contributed by atoms with van der Waals surface area (Å²) in [6.07, 6.45) is 6.44. The first-order chi connectivity index (χ1) is 11.6. The van der Waals surface area contributed by atoms with E-state index in [1.54, 1.807) is 0 Å². The van der Waals surface area contributed by atoms with E-state index < -0.39 is 0 Å². The summed E-state index contributed by atoms with van der Waals surface area (Å²) in [6, 6.07) is 3.60. The van der Waals surface area contributed by atoms with E-state index >= 15 is 0 Å². The molecule has 136 valence electrons. The molecule has 0 aromatic heterocycles. The average molecular weight is 355 g/mol. The maximum Gasteiger partial charge on any atom is 0.0744 e. The highest BCUT2D eigenvalue weighted by atomic mass is 35.5. The maximum atomic E-state index is 9.62. The van der Waals surface area contributed by atoms with Crippen molar-refractivity contribution in [2.24, 2.45) is 17.6 Å². The zero-order valence-electron chi connectivity index (χ0n) is 14.6. The zero-order chi connectivity index (χ0) is 17.1. The number of nitrogens with two attached hydrogens (primary N) is 1. The number of nitriles is 1. The number of hydrogen-bond acceptors (Lipinski definition) is 5. The van der Waals surface area contributed by atoms with Crippen molar-refractivity contribution in [3.63, 3.8) is 0 Å². The predicted octanol–water partition coefficient (Wildman–Crippen LogP) is 1.75. The van der Waals surface area contributed by atoms with Crippen LogP contribution in [0, 0.1) is 23.2 Å². The molecule has 24 heavy (non-hydrogen) atoms. The minimum absolute atomic E-state index is 0.00204. The molecule has 8 unspecified atom stereocenters. The molecule has 4 N–H and O–H groups in total. The lowest BCUT2D eigenvalue weighted by atomic mass is 9.70. The third kappa shape index (κ3) is 4.05. The van der Waals surface area contributed by atoms with Crippen molar-refractivity contribution in [2.75, 3.05) is 13.2 Å². The van der Waals surface area contributed by atoms with E-state index in [9.17, 15) is 5.26 Å². The Bertz CT molecular complexity index is 457. The molecule has 0 radical (unpaired) electrons. The maximum absolute atomic E-state index is 9.62. The molecule has 0 aromatic carbocycles. The Balaban J connectivity index is 1.69. The first-order valence-corrected chi connectivity index (χ1v) is 9.96. The van der Waals surface area contributed by atoms with Crippen LogP contribution >= 0.6 is 11.6 Å². The van der Waals surface area contributed by atoms with Gasteiger partial charge in [-0.15, -0.1) is 11.6 Å². The fourth-order valence-corrected chi connectivity index (χ4v) is 5.26. The van der Waals surface area contributed by atoms with Crippen molar-refractivity contribution < 1.29 is 4.74 Å². The summed E-state index contributed by atoms with van der Waals surface area (Å²) >= 11 is 6.36. The average Bonchev–Trinajstić information content (AvgIpc) is 2.56. The lowest BCUT2D eigenvalue weighted by molar-refractivity contribution is -0.0197. The molecule has 8 atom stereocenters. The molecule has 5 nitrogen and oxygen atoms in total. The van der Waals surface area contributed by atoms with Crippen molar-refractivity contribution in [1.82, 2.24) is 10.6 Å². The van der Waals surface area contributed by atoms with Crippen molar-refractivity contribution in [3.8, 4) is 6.07 Å². The van der Waals surface area contributed by atoms with Gasteiger partial charge in [-0.1, -0.05) is 6.42 Å². The molecule has 3 aliphatic rings. The van der Waals surface area contributed by atoms with Crippen LogP contribution in [0.15, 0.2) is 0 Å². The number of piperidine rings is 1. The molecule has 3 rings (SSSR count). The van der Waals surface area contributed by atoms with Gasteiger partial charge >= 0.3 is 0 Å². The number of alkyl halides is 1. The third-order valence-corrected chi connectivity index (χ3v) is 6.50.